The summed E-state index contributed by atoms with van der Waals surface area (Å²) in [6, 6.07) is 6.48. The van der Waals surface area contributed by atoms with Gasteiger partial charge < -0.3 is 19.4 Å². The number of carbonyl (C=O) groups excluding carboxylic acids is 3. The van der Waals surface area contributed by atoms with Crippen molar-refractivity contribution < 1.29 is 23.5 Å². The van der Waals surface area contributed by atoms with Gasteiger partial charge in [0.15, 0.2) is 0 Å². The van der Waals surface area contributed by atoms with E-state index in [4.69, 9.17) is 4.74 Å². The highest BCUT2D eigenvalue weighted by atomic mass is 19.1. The van der Waals surface area contributed by atoms with Crippen molar-refractivity contribution in [3.05, 3.63) is 35.6 Å². The fourth-order valence-electron chi connectivity index (χ4n) is 3.13. The number of piperazine rings is 1. The second-order valence-electron chi connectivity index (χ2n) is 6.66. The van der Waals surface area contributed by atoms with Crippen molar-refractivity contribution >= 4 is 17.9 Å². The Balaban J connectivity index is 1.78. The fraction of sp³-hybridized carbons (Fsp3) is 0.550. The first-order chi connectivity index (χ1) is 13.4. The lowest BCUT2D eigenvalue weighted by Gasteiger charge is -2.34. The van der Waals surface area contributed by atoms with Crippen LogP contribution in [0.1, 0.15) is 25.8 Å². The summed E-state index contributed by atoms with van der Waals surface area (Å²) in [7, 11) is 0. The first kappa shape index (κ1) is 21.7. The molecule has 7 nitrogen and oxygen atoms in total. The molecule has 1 aromatic rings. The minimum atomic E-state index is -0.356. The number of nitrogens with zero attached hydrogens (tertiary/aromatic N) is 3. The van der Waals surface area contributed by atoms with Crippen LogP contribution in [0.2, 0.25) is 0 Å². The zero-order chi connectivity index (χ0) is 20.5. The van der Waals surface area contributed by atoms with Crippen LogP contribution in [0.3, 0.4) is 0 Å². The monoisotopic (exact) mass is 393 g/mol. The van der Waals surface area contributed by atoms with Gasteiger partial charge in [-0.3, -0.25) is 9.59 Å². The Kier molecular flexibility index (Phi) is 8.22. The molecule has 0 saturated carbocycles. The van der Waals surface area contributed by atoms with Crippen molar-refractivity contribution in [1.29, 1.82) is 0 Å². The number of halogens is 1. The van der Waals surface area contributed by atoms with Crippen molar-refractivity contribution in [3.8, 4) is 0 Å². The summed E-state index contributed by atoms with van der Waals surface area (Å²) in [5, 5.41) is 0. The van der Waals surface area contributed by atoms with Crippen molar-refractivity contribution in [2.75, 3.05) is 45.9 Å². The molecule has 0 unspecified atom stereocenters. The van der Waals surface area contributed by atoms with Crippen LogP contribution >= 0.6 is 0 Å². The van der Waals surface area contributed by atoms with E-state index in [1.165, 1.54) is 13.0 Å². The Bertz CT molecular complexity index is 690. The number of benzene rings is 1. The van der Waals surface area contributed by atoms with E-state index in [9.17, 15) is 18.8 Å². The molecule has 3 amide bonds. The quantitative estimate of drug-likeness (QED) is 0.710. The zero-order valence-electron chi connectivity index (χ0n) is 16.5. The van der Waals surface area contributed by atoms with E-state index in [2.05, 4.69) is 0 Å². The van der Waals surface area contributed by atoms with Crippen LogP contribution in [0, 0.1) is 5.82 Å². The molecule has 0 bridgehead atoms. The molecule has 0 N–H and O–H groups in total. The molecule has 1 aromatic carbocycles. The molecule has 8 heteroatoms. The summed E-state index contributed by atoms with van der Waals surface area (Å²) in [5.74, 6) is -0.488. The second kappa shape index (κ2) is 10.6. The van der Waals surface area contributed by atoms with Gasteiger partial charge in [0.05, 0.1) is 6.61 Å². The maximum absolute atomic E-state index is 13.7. The molecule has 1 saturated heterocycles. The second-order valence-corrected chi connectivity index (χ2v) is 6.66. The molecule has 1 aliphatic heterocycles. The molecule has 0 aliphatic carbocycles. The summed E-state index contributed by atoms with van der Waals surface area (Å²) < 4.78 is 18.7. The van der Waals surface area contributed by atoms with Gasteiger partial charge in [-0.25, -0.2) is 9.18 Å². The Morgan fingerprint density at radius 2 is 1.71 bits per heavy atom. The van der Waals surface area contributed by atoms with E-state index in [-0.39, 0.29) is 30.1 Å². The Hall–Kier alpha value is -2.64. The highest BCUT2D eigenvalue weighted by molar-refractivity contribution is 5.78. The van der Waals surface area contributed by atoms with Crippen molar-refractivity contribution in [2.45, 2.75) is 26.7 Å². The van der Waals surface area contributed by atoms with Crippen molar-refractivity contribution in [1.82, 2.24) is 14.7 Å². The molecule has 0 radical (unpaired) electrons. The number of hydrogen-bond donors (Lipinski definition) is 0. The van der Waals surface area contributed by atoms with Gasteiger partial charge in [0.25, 0.3) is 0 Å². The van der Waals surface area contributed by atoms with Gasteiger partial charge in [-0.1, -0.05) is 18.2 Å². The Labute approximate surface area is 165 Å². The number of ether oxygens (including phenoxy) is 1. The van der Waals surface area contributed by atoms with Gasteiger partial charge in [-0.05, 0) is 25.0 Å². The lowest BCUT2D eigenvalue weighted by Crippen LogP contribution is -2.51. The van der Waals surface area contributed by atoms with Crippen LogP contribution in [-0.4, -0.2) is 78.5 Å². The average molecular weight is 393 g/mol. The minimum absolute atomic E-state index is 0.0550. The first-order valence-electron chi connectivity index (χ1n) is 9.60. The minimum Gasteiger partial charge on any atom is -0.450 e. The number of amides is 3. The third-order valence-electron chi connectivity index (χ3n) is 4.81. The smallest absolute Gasteiger partial charge is 0.409 e. The van der Waals surface area contributed by atoms with Crippen LogP contribution in [0.4, 0.5) is 9.18 Å². The molecule has 2 rings (SSSR count). The zero-order valence-corrected chi connectivity index (χ0v) is 16.5. The van der Waals surface area contributed by atoms with Crippen LogP contribution < -0.4 is 0 Å². The van der Waals surface area contributed by atoms with E-state index in [0.29, 0.717) is 57.9 Å². The fourth-order valence-corrected chi connectivity index (χ4v) is 3.13. The molecule has 1 fully saturated rings. The average Bonchev–Trinajstić information content (AvgIpc) is 2.69. The SMILES string of the molecule is CCOC(=O)N1CCN(C(=O)CCN(CCc2ccccc2F)C(C)=O)CC1. The molecular formula is C20H28FN3O4. The maximum Gasteiger partial charge on any atom is 0.409 e. The van der Waals surface area contributed by atoms with Crippen LogP contribution in [-0.2, 0) is 20.7 Å². The highest BCUT2D eigenvalue weighted by Gasteiger charge is 2.25. The van der Waals surface area contributed by atoms with E-state index in [1.807, 2.05) is 0 Å². The van der Waals surface area contributed by atoms with Gasteiger partial charge in [0, 0.05) is 52.6 Å². The molecule has 0 aromatic heterocycles. The Morgan fingerprint density at radius 3 is 2.32 bits per heavy atom. The molecule has 0 atom stereocenters. The van der Waals surface area contributed by atoms with E-state index in [1.54, 1.807) is 39.8 Å². The topological polar surface area (TPSA) is 70.2 Å². The third-order valence-corrected chi connectivity index (χ3v) is 4.81. The van der Waals surface area contributed by atoms with Gasteiger partial charge in [0.1, 0.15) is 5.82 Å². The predicted molar refractivity (Wildman–Crippen MR) is 102 cm³/mol. The molecule has 0 spiro atoms. The van der Waals surface area contributed by atoms with Gasteiger partial charge in [0.2, 0.25) is 11.8 Å². The lowest BCUT2D eigenvalue weighted by atomic mass is 10.1. The molecule has 154 valence electrons. The summed E-state index contributed by atoms with van der Waals surface area (Å²) in [6.45, 7) is 5.96. The molecule has 1 aliphatic rings. The first-order valence-corrected chi connectivity index (χ1v) is 9.60. The van der Waals surface area contributed by atoms with Crippen LogP contribution in [0.5, 0.6) is 0 Å². The maximum atomic E-state index is 13.7. The lowest BCUT2D eigenvalue weighted by molar-refractivity contribution is -0.134. The van der Waals surface area contributed by atoms with Gasteiger partial charge in [-0.2, -0.15) is 0 Å². The largest absolute Gasteiger partial charge is 0.450 e. The number of rotatable bonds is 7. The van der Waals surface area contributed by atoms with Gasteiger partial charge in [-0.15, -0.1) is 0 Å². The number of carbonyl (C=O) groups is 3. The predicted octanol–water partition coefficient (Wildman–Crippen LogP) is 1.91. The van der Waals surface area contributed by atoms with Crippen LogP contribution in [0.25, 0.3) is 0 Å². The number of hydrogen-bond acceptors (Lipinski definition) is 4. The van der Waals surface area contributed by atoms with E-state index in [0.717, 1.165) is 0 Å². The molecule has 1 heterocycles. The molecular weight excluding hydrogens is 365 g/mol. The standard InChI is InChI=1S/C20H28FN3O4/c1-3-28-20(27)24-14-12-23(13-15-24)19(26)9-11-22(16(2)25)10-8-17-6-4-5-7-18(17)21/h4-7H,3,8-15H2,1-2H3. The molecule has 28 heavy (non-hydrogen) atoms. The van der Waals surface area contributed by atoms with E-state index >= 15 is 0 Å². The third kappa shape index (κ3) is 6.21. The van der Waals surface area contributed by atoms with Crippen molar-refractivity contribution in [2.24, 2.45) is 0 Å². The summed E-state index contributed by atoms with van der Waals surface area (Å²) in [6.07, 6.45) is 0.250. The normalized spacial score (nSPS) is 14.0. The van der Waals surface area contributed by atoms with Crippen molar-refractivity contribution in [3.63, 3.8) is 0 Å². The van der Waals surface area contributed by atoms with Crippen LogP contribution in [0.15, 0.2) is 24.3 Å². The Morgan fingerprint density at radius 1 is 1.07 bits per heavy atom. The van der Waals surface area contributed by atoms with E-state index < -0.39 is 0 Å². The van der Waals surface area contributed by atoms with Gasteiger partial charge >= 0.3 is 6.09 Å². The summed E-state index contributed by atoms with van der Waals surface area (Å²) >= 11 is 0. The summed E-state index contributed by atoms with van der Waals surface area (Å²) in [4.78, 5) is 40.9. The highest BCUT2D eigenvalue weighted by Crippen LogP contribution is 2.10. The summed E-state index contributed by atoms with van der Waals surface area (Å²) in [5.41, 5.74) is 0.551.